The first-order valence-corrected chi connectivity index (χ1v) is 6.37. The molecule has 0 aromatic carbocycles. The number of aliphatic hydroxyl groups is 1. The number of nitrogens with one attached hydrogen (secondary N) is 1. The fraction of sp³-hybridized carbons (Fsp3) is 1.00. The van der Waals surface area contributed by atoms with Crippen LogP contribution in [0.4, 0.5) is 0 Å². The van der Waals surface area contributed by atoms with Crippen LogP contribution in [0.5, 0.6) is 0 Å². The molecular weight excluding hydrogens is 188 g/mol. The van der Waals surface area contributed by atoms with Crippen LogP contribution in [0.25, 0.3) is 0 Å². The van der Waals surface area contributed by atoms with E-state index in [-0.39, 0.29) is 6.10 Å². The second-order valence-corrected chi connectivity index (χ2v) is 4.65. The maximum Gasteiger partial charge on any atom is 0.0524 e. The van der Waals surface area contributed by atoms with Crippen LogP contribution >= 0.6 is 0 Å². The number of hydrogen-bond acceptors (Lipinski definition) is 3. The fourth-order valence-corrected chi connectivity index (χ4v) is 2.29. The van der Waals surface area contributed by atoms with Crippen LogP contribution in [-0.4, -0.2) is 48.3 Å². The Kier molecular flexibility index (Phi) is 6.22. The van der Waals surface area contributed by atoms with E-state index < -0.39 is 0 Å². The lowest BCUT2D eigenvalue weighted by atomic mass is 10.0. The van der Waals surface area contributed by atoms with E-state index in [1.165, 1.54) is 25.8 Å². The Hall–Kier alpha value is -0.120. The first-order valence-electron chi connectivity index (χ1n) is 6.37. The molecule has 1 aliphatic rings. The molecule has 1 aliphatic heterocycles. The van der Waals surface area contributed by atoms with Crippen molar-refractivity contribution in [1.29, 1.82) is 0 Å². The van der Waals surface area contributed by atoms with Gasteiger partial charge in [0.1, 0.15) is 0 Å². The summed E-state index contributed by atoms with van der Waals surface area (Å²) in [5.41, 5.74) is 0. The molecule has 1 unspecified atom stereocenters. The van der Waals surface area contributed by atoms with Crippen LogP contribution in [0.2, 0.25) is 0 Å². The summed E-state index contributed by atoms with van der Waals surface area (Å²) in [6.45, 7) is 8.65. The highest BCUT2D eigenvalue weighted by Crippen LogP contribution is 2.13. The van der Waals surface area contributed by atoms with Gasteiger partial charge in [-0.05, 0) is 52.2 Å². The van der Waals surface area contributed by atoms with Crippen molar-refractivity contribution in [3.8, 4) is 0 Å². The lowest BCUT2D eigenvalue weighted by molar-refractivity contribution is 0.119. The highest BCUT2D eigenvalue weighted by molar-refractivity contribution is 4.77. The van der Waals surface area contributed by atoms with Gasteiger partial charge in [0.15, 0.2) is 0 Å². The highest BCUT2D eigenvalue weighted by Gasteiger charge is 2.19. The first-order chi connectivity index (χ1) is 7.24. The smallest absolute Gasteiger partial charge is 0.0524 e. The molecule has 3 nitrogen and oxygen atoms in total. The Morgan fingerprint density at radius 3 is 2.53 bits per heavy atom. The van der Waals surface area contributed by atoms with E-state index in [9.17, 15) is 5.11 Å². The van der Waals surface area contributed by atoms with Crippen molar-refractivity contribution in [2.45, 2.75) is 51.7 Å². The molecule has 0 radical (unpaired) electrons. The predicted molar refractivity (Wildman–Crippen MR) is 64.1 cm³/mol. The first kappa shape index (κ1) is 12.9. The highest BCUT2D eigenvalue weighted by atomic mass is 16.3. The molecule has 1 atom stereocenters. The maximum absolute atomic E-state index is 9.33. The average Bonchev–Trinajstić information content (AvgIpc) is 2.25. The van der Waals surface area contributed by atoms with Gasteiger partial charge in [-0.25, -0.2) is 0 Å². The van der Waals surface area contributed by atoms with Crippen molar-refractivity contribution >= 4 is 0 Å². The number of piperidine rings is 1. The maximum atomic E-state index is 9.33. The zero-order chi connectivity index (χ0) is 11.1. The quantitative estimate of drug-likeness (QED) is 0.698. The molecule has 0 amide bonds. The van der Waals surface area contributed by atoms with Gasteiger partial charge in [0, 0.05) is 12.6 Å². The van der Waals surface area contributed by atoms with Crippen molar-refractivity contribution < 1.29 is 5.11 Å². The number of hydrogen-bond donors (Lipinski definition) is 2. The normalized spacial score (nSPS) is 20.8. The lowest BCUT2D eigenvalue weighted by Crippen LogP contribution is -2.44. The van der Waals surface area contributed by atoms with Crippen LogP contribution in [0, 0.1) is 0 Å². The standard InChI is InChI=1S/C12H26N2O/c1-3-9-14(10-6-11(2)15)12-4-7-13-8-5-12/h11-13,15H,3-10H2,1-2H3. The summed E-state index contributed by atoms with van der Waals surface area (Å²) < 4.78 is 0. The molecule has 1 saturated heterocycles. The second kappa shape index (κ2) is 7.20. The summed E-state index contributed by atoms with van der Waals surface area (Å²) in [5, 5.41) is 12.7. The monoisotopic (exact) mass is 214 g/mol. The topological polar surface area (TPSA) is 35.5 Å². The molecule has 0 spiro atoms. The Balaban J connectivity index is 2.33. The molecular formula is C12H26N2O. The van der Waals surface area contributed by atoms with Gasteiger partial charge in [0.05, 0.1) is 6.10 Å². The predicted octanol–water partition coefficient (Wildman–Crippen LogP) is 1.22. The van der Waals surface area contributed by atoms with Gasteiger partial charge < -0.3 is 15.3 Å². The largest absolute Gasteiger partial charge is 0.393 e. The van der Waals surface area contributed by atoms with Crippen LogP contribution in [0.15, 0.2) is 0 Å². The summed E-state index contributed by atoms with van der Waals surface area (Å²) in [4.78, 5) is 2.56. The third-order valence-electron chi connectivity index (χ3n) is 3.17. The van der Waals surface area contributed by atoms with Gasteiger partial charge in [0.2, 0.25) is 0 Å². The molecule has 0 aliphatic carbocycles. The van der Waals surface area contributed by atoms with E-state index in [0.29, 0.717) is 0 Å². The summed E-state index contributed by atoms with van der Waals surface area (Å²) in [7, 11) is 0. The van der Waals surface area contributed by atoms with E-state index in [4.69, 9.17) is 0 Å². The molecule has 2 N–H and O–H groups in total. The summed E-state index contributed by atoms with van der Waals surface area (Å²) in [6.07, 6.45) is 4.49. The van der Waals surface area contributed by atoms with E-state index in [1.54, 1.807) is 0 Å². The van der Waals surface area contributed by atoms with Gasteiger partial charge >= 0.3 is 0 Å². The molecule has 3 heteroatoms. The molecule has 0 saturated carbocycles. The summed E-state index contributed by atoms with van der Waals surface area (Å²) in [5.74, 6) is 0. The van der Waals surface area contributed by atoms with Crippen LogP contribution in [0.3, 0.4) is 0 Å². The Morgan fingerprint density at radius 2 is 2.00 bits per heavy atom. The van der Waals surface area contributed by atoms with Gasteiger partial charge in [0.25, 0.3) is 0 Å². The van der Waals surface area contributed by atoms with Crippen molar-refractivity contribution in [2.75, 3.05) is 26.2 Å². The van der Waals surface area contributed by atoms with Crippen molar-refractivity contribution in [3.05, 3.63) is 0 Å². The van der Waals surface area contributed by atoms with Crippen molar-refractivity contribution in [1.82, 2.24) is 10.2 Å². The Labute approximate surface area is 93.9 Å². The zero-order valence-electron chi connectivity index (χ0n) is 10.2. The van der Waals surface area contributed by atoms with Crippen LogP contribution in [-0.2, 0) is 0 Å². The van der Waals surface area contributed by atoms with E-state index in [1.807, 2.05) is 6.92 Å². The lowest BCUT2D eigenvalue weighted by Gasteiger charge is -2.34. The van der Waals surface area contributed by atoms with Gasteiger partial charge in [-0.1, -0.05) is 6.92 Å². The minimum absolute atomic E-state index is 0.161. The Morgan fingerprint density at radius 1 is 1.33 bits per heavy atom. The number of nitrogens with zero attached hydrogens (tertiary/aromatic N) is 1. The third-order valence-corrected chi connectivity index (χ3v) is 3.17. The van der Waals surface area contributed by atoms with Crippen LogP contribution in [0.1, 0.15) is 39.5 Å². The van der Waals surface area contributed by atoms with Crippen molar-refractivity contribution in [3.63, 3.8) is 0 Å². The Bertz CT molecular complexity index is 156. The third kappa shape index (κ3) is 4.96. The number of aliphatic hydroxyl groups excluding tert-OH is 1. The molecule has 15 heavy (non-hydrogen) atoms. The molecule has 90 valence electrons. The van der Waals surface area contributed by atoms with Crippen LogP contribution < -0.4 is 5.32 Å². The summed E-state index contributed by atoms with van der Waals surface area (Å²) >= 11 is 0. The summed E-state index contributed by atoms with van der Waals surface area (Å²) in [6, 6.07) is 0.741. The van der Waals surface area contributed by atoms with Gasteiger partial charge in [-0.2, -0.15) is 0 Å². The number of rotatable bonds is 6. The minimum Gasteiger partial charge on any atom is -0.393 e. The minimum atomic E-state index is -0.161. The van der Waals surface area contributed by atoms with Crippen molar-refractivity contribution in [2.24, 2.45) is 0 Å². The van der Waals surface area contributed by atoms with E-state index in [2.05, 4.69) is 17.1 Å². The molecule has 1 heterocycles. The fourth-order valence-electron chi connectivity index (χ4n) is 2.29. The van der Waals surface area contributed by atoms with E-state index >= 15 is 0 Å². The average molecular weight is 214 g/mol. The van der Waals surface area contributed by atoms with Gasteiger partial charge in [-0.15, -0.1) is 0 Å². The molecule has 0 bridgehead atoms. The van der Waals surface area contributed by atoms with Gasteiger partial charge in [-0.3, -0.25) is 0 Å². The molecule has 0 aromatic rings. The molecule has 0 aromatic heterocycles. The SMILES string of the molecule is CCCN(CCC(C)O)C1CCNCC1. The van der Waals surface area contributed by atoms with E-state index in [0.717, 1.165) is 32.1 Å². The zero-order valence-corrected chi connectivity index (χ0v) is 10.2. The second-order valence-electron chi connectivity index (χ2n) is 4.65. The molecule has 1 fully saturated rings. The molecule has 1 rings (SSSR count).